The second-order valence-electron chi connectivity index (χ2n) is 3.34. The molecule has 1 aliphatic rings. The highest BCUT2D eigenvalue weighted by Crippen LogP contribution is 2.34. The standard InChI is InChI=1S/C10H7ClN2O3S/c11-5-1-4(3-7(14)8(5)15)2-6-9(16)13-10(17)12-6/h1-3,14-15H,(H2,12,13,16,17)/b6-2-. The molecule has 1 heterocycles. The smallest absolute Gasteiger partial charge is 0.273 e. The van der Waals surface area contributed by atoms with E-state index in [1.807, 2.05) is 0 Å². The number of thiocarbonyl (C=S) groups is 1. The minimum absolute atomic E-state index is 0.00201. The lowest BCUT2D eigenvalue weighted by Crippen LogP contribution is -2.21. The predicted molar refractivity (Wildman–Crippen MR) is 66.6 cm³/mol. The molecule has 0 aliphatic carbocycles. The summed E-state index contributed by atoms with van der Waals surface area (Å²) in [5.74, 6) is -1.11. The van der Waals surface area contributed by atoms with Gasteiger partial charge in [-0.05, 0) is 36.0 Å². The number of amides is 1. The van der Waals surface area contributed by atoms with E-state index in [2.05, 4.69) is 10.6 Å². The van der Waals surface area contributed by atoms with Crippen LogP contribution in [0, 0.1) is 0 Å². The van der Waals surface area contributed by atoms with Crippen LogP contribution in [0.15, 0.2) is 17.8 Å². The summed E-state index contributed by atoms with van der Waals surface area (Å²) in [5, 5.41) is 23.9. The van der Waals surface area contributed by atoms with Crippen molar-refractivity contribution < 1.29 is 15.0 Å². The van der Waals surface area contributed by atoms with Crippen molar-refractivity contribution >= 4 is 40.9 Å². The fourth-order valence-corrected chi connectivity index (χ4v) is 1.76. The number of halogens is 1. The first kappa shape index (κ1) is 11.7. The number of hydrogen-bond donors (Lipinski definition) is 4. The Morgan fingerprint density at radius 2 is 2.00 bits per heavy atom. The maximum absolute atomic E-state index is 11.4. The van der Waals surface area contributed by atoms with Crippen LogP contribution in [-0.4, -0.2) is 21.2 Å². The lowest BCUT2D eigenvalue weighted by molar-refractivity contribution is -0.115. The van der Waals surface area contributed by atoms with E-state index in [0.29, 0.717) is 5.56 Å². The molecule has 88 valence electrons. The number of carbonyl (C=O) groups is 1. The van der Waals surface area contributed by atoms with Crippen LogP contribution >= 0.6 is 23.8 Å². The van der Waals surface area contributed by atoms with Crippen LogP contribution in [0.4, 0.5) is 0 Å². The molecule has 1 fully saturated rings. The summed E-state index contributed by atoms with van der Waals surface area (Å²) in [6.45, 7) is 0. The van der Waals surface area contributed by atoms with Gasteiger partial charge in [-0.15, -0.1) is 0 Å². The first-order valence-electron chi connectivity index (χ1n) is 4.53. The molecule has 1 aliphatic heterocycles. The Bertz CT molecular complexity index is 533. The second kappa shape index (κ2) is 4.23. The Morgan fingerprint density at radius 3 is 2.53 bits per heavy atom. The number of aromatic hydroxyl groups is 2. The summed E-state index contributed by atoms with van der Waals surface area (Å²) >= 11 is 10.4. The van der Waals surface area contributed by atoms with Crippen LogP contribution in [0.3, 0.4) is 0 Å². The number of benzene rings is 1. The Kier molecular flexibility index (Phi) is 2.91. The Labute approximate surface area is 107 Å². The van der Waals surface area contributed by atoms with Gasteiger partial charge in [0.2, 0.25) is 0 Å². The lowest BCUT2D eigenvalue weighted by atomic mass is 10.1. The molecule has 17 heavy (non-hydrogen) atoms. The van der Waals surface area contributed by atoms with Crippen molar-refractivity contribution in [3.05, 3.63) is 28.4 Å². The average molecular weight is 271 g/mol. The van der Waals surface area contributed by atoms with Crippen LogP contribution in [-0.2, 0) is 4.79 Å². The zero-order valence-electron chi connectivity index (χ0n) is 8.32. The molecular formula is C10H7ClN2O3S. The number of rotatable bonds is 1. The predicted octanol–water partition coefficient (Wildman–Crippen LogP) is 1.10. The molecule has 4 N–H and O–H groups in total. The van der Waals surface area contributed by atoms with Gasteiger partial charge in [0.1, 0.15) is 5.70 Å². The molecule has 0 radical (unpaired) electrons. The maximum Gasteiger partial charge on any atom is 0.273 e. The molecule has 1 amide bonds. The molecule has 2 rings (SSSR count). The first-order valence-corrected chi connectivity index (χ1v) is 5.31. The van der Waals surface area contributed by atoms with Crippen LogP contribution < -0.4 is 10.6 Å². The summed E-state index contributed by atoms with van der Waals surface area (Å²) in [4.78, 5) is 11.4. The third kappa shape index (κ3) is 2.32. The summed E-state index contributed by atoms with van der Waals surface area (Å²) in [6, 6.07) is 2.70. The van der Waals surface area contributed by atoms with E-state index in [-0.39, 0.29) is 27.5 Å². The maximum atomic E-state index is 11.4. The van der Waals surface area contributed by atoms with E-state index >= 15 is 0 Å². The molecule has 0 spiro atoms. The minimum atomic E-state index is -0.395. The van der Waals surface area contributed by atoms with Gasteiger partial charge in [0.05, 0.1) is 5.02 Å². The first-order chi connectivity index (χ1) is 7.97. The molecule has 5 nitrogen and oxygen atoms in total. The van der Waals surface area contributed by atoms with E-state index in [4.69, 9.17) is 23.8 Å². The number of carbonyl (C=O) groups excluding carboxylic acids is 1. The summed E-state index contributed by atoms with van der Waals surface area (Å²) in [7, 11) is 0. The van der Waals surface area contributed by atoms with Gasteiger partial charge < -0.3 is 15.5 Å². The van der Waals surface area contributed by atoms with Gasteiger partial charge in [0.25, 0.3) is 5.91 Å². The van der Waals surface area contributed by atoms with Crippen LogP contribution in [0.25, 0.3) is 6.08 Å². The highest BCUT2D eigenvalue weighted by molar-refractivity contribution is 7.80. The molecule has 0 bridgehead atoms. The topological polar surface area (TPSA) is 81.6 Å². The van der Waals surface area contributed by atoms with Gasteiger partial charge in [-0.3, -0.25) is 10.1 Å². The third-order valence-electron chi connectivity index (χ3n) is 2.10. The van der Waals surface area contributed by atoms with Gasteiger partial charge in [-0.2, -0.15) is 0 Å². The fraction of sp³-hybridized carbons (Fsp3) is 0. The van der Waals surface area contributed by atoms with E-state index in [1.165, 1.54) is 18.2 Å². The van der Waals surface area contributed by atoms with Crippen molar-refractivity contribution in [3.8, 4) is 11.5 Å². The molecule has 0 saturated carbocycles. The van der Waals surface area contributed by atoms with Gasteiger partial charge >= 0.3 is 0 Å². The van der Waals surface area contributed by atoms with Gasteiger partial charge in [0.15, 0.2) is 16.6 Å². The monoisotopic (exact) mass is 270 g/mol. The largest absolute Gasteiger partial charge is 0.504 e. The average Bonchev–Trinajstić information content (AvgIpc) is 2.54. The van der Waals surface area contributed by atoms with Gasteiger partial charge in [-0.25, -0.2) is 0 Å². The molecule has 0 unspecified atom stereocenters. The lowest BCUT2D eigenvalue weighted by Gasteiger charge is -2.02. The zero-order chi connectivity index (χ0) is 12.6. The van der Waals surface area contributed by atoms with Gasteiger partial charge in [0, 0.05) is 0 Å². The molecule has 0 atom stereocenters. The quantitative estimate of drug-likeness (QED) is 0.349. The minimum Gasteiger partial charge on any atom is -0.504 e. The Morgan fingerprint density at radius 1 is 1.29 bits per heavy atom. The van der Waals surface area contributed by atoms with Crippen LogP contribution in [0.2, 0.25) is 5.02 Å². The van der Waals surface area contributed by atoms with E-state index in [0.717, 1.165) is 0 Å². The van der Waals surface area contributed by atoms with Crippen molar-refractivity contribution in [1.82, 2.24) is 10.6 Å². The Balaban J connectivity index is 2.40. The second-order valence-corrected chi connectivity index (χ2v) is 4.15. The van der Waals surface area contributed by atoms with Crippen molar-refractivity contribution in [1.29, 1.82) is 0 Å². The number of nitrogens with one attached hydrogen (secondary N) is 2. The highest BCUT2D eigenvalue weighted by Gasteiger charge is 2.20. The molecule has 0 aromatic heterocycles. The zero-order valence-corrected chi connectivity index (χ0v) is 9.89. The normalized spacial score (nSPS) is 17.1. The summed E-state index contributed by atoms with van der Waals surface area (Å²) in [6.07, 6.45) is 1.46. The van der Waals surface area contributed by atoms with Crippen LogP contribution in [0.1, 0.15) is 5.56 Å². The number of phenolic OH excluding ortho intramolecular Hbond substituents is 2. The molecule has 1 aromatic carbocycles. The molecular weight excluding hydrogens is 264 g/mol. The summed E-state index contributed by atoms with van der Waals surface area (Å²) < 4.78 is 0. The van der Waals surface area contributed by atoms with Crippen molar-refractivity contribution in [2.75, 3.05) is 0 Å². The van der Waals surface area contributed by atoms with E-state index < -0.39 is 5.75 Å². The van der Waals surface area contributed by atoms with E-state index in [9.17, 15) is 15.0 Å². The number of hydrogen-bond acceptors (Lipinski definition) is 4. The molecule has 7 heteroatoms. The van der Waals surface area contributed by atoms with Crippen molar-refractivity contribution in [2.24, 2.45) is 0 Å². The van der Waals surface area contributed by atoms with Crippen LogP contribution in [0.5, 0.6) is 11.5 Å². The van der Waals surface area contributed by atoms with Gasteiger partial charge in [-0.1, -0.05) is 11.6 Å². The number of phenols is 2. The summed E-state index contributed by atoms with van der Waals surface area (Å²) in [5.41, 5.74) is 0.712. The van der Waals surface area contributed by atoms with E-state index in [1.54, 1.807) is 0 Å². The van der Waals surface area contributed by atoms with Crippen molar-refractivity contribution in [2.45, 2.75) is 0 Å². The SMILES string of the molecule is O=C1NC(=S)N/C1=C\c1cc(O)c(O)c(Cl)c1. The highest BCUT2D eigenvalue weighted by atomic mass is 35.5. The fourth-order valence-electron chi connectivity index (χ4n) is 1.34. The molecule has 1 aromatic rings. The third-order valence-corrected chi connectivity index (χ3v) is 2.59. The molecule has 1 saturated heterocycles. The Hall–Kier alpha value is -1.79. The van der Waals surface area contributed by atoms with Crippen molar-refractivity contribution in [3.63, 3.8) is 0 Å².